The molecule has 0 spiro atoms. The van der Waals surface area contributed by atoms with Crippen molar-refractivity contribution in [3.05, 3.63) is 108 Å². The van der Waals surface area contributed by atoms with Crippen molar-refractivity contribution in [2.24, 2.45) is 5.92 Å². The van der Waals surface area contributed by atoms with Crippen molar-refractivity contribution >= 4 is 21.8 Å². The molecule has 0 atom stereocenters. The molecule has 3 heterocycles. The number of nitriles is 1. The first kappa shape index (κ1) is 27.4. The van der Waals surface area contributed by atoms with Gasteiger partial charge in [0.05, 0.1) is 5.69 Å². The fourth-order valence-electron chi connectivity index (χ4n) is 5.05. The number of hydrogen-bond acceptors (Lipinski definition) is 4. The summed E-state index contributed by atoms with van der Waals surface area (Å²) in [7, 11) is 0. The van der Waals surface area contributed by atoms with E-state index in [1.807, 2.05) is 56.4 Å². The SMILES string of the molecule is Cc1cc(C)n(-c2[c-]c(Oc3[c-]c4c(cc3)c3ccccc3n4-c3ccc(CC(C)C)cn3)c(C#N)cc2)n1.[Pt+2]. The fourth-order valence-corrected chi connectivity index (χ4v) is 5.05. The van der Waals surface area contributed by atoms with E-state index in [2.05, 4.69) is 66.0 Å². The second-order valence-electron chi connectivity index (χ2n) is 10.2. The number of pyridine rings is 1. The predicted molar refractivity (Wildman–Crippen MR) is 153 cm³/mol. The molecular weight excluding hydrogens is 677 g/mol. The maximum atomic E-state index is 9.76. The molecule has 0 amide bonds. The first-order valence-corrected chi connectivity index (χ1v) is 13.0. The monoisotopic (exact) mass is 704 g/mol. The van der Waals surface area contributed by atoms with Crippen LogP contribution in [0.25, 0.3) is 33.3 Å². The van der Waals surface area contributed by atoms with Crippen LogP contribution in [0.4, 0.5) is 0 Å². The van der Waals surface area contributed by atoms with Crippen molar-refractivity contribution in [2.45, 2.75) is 34.1 Å². The summed E-state index contributed by atoms with van der Waals surface area (Å²) in [4.78, 5) is 4.81. The van der Waals surface area contributed by atoms with Crippen LogP contribution in [0.1, 0.15) is 36.4 Å². The number of ether oxygens (including phenoxy) is 1. The molecular formula is C33H27N5OPt. The number of nitrogens with zero attached hydrogens (tertiary/aromatic N) is 5. The van der Waals surface area contributed by atoms with E-state index in [4.69, 9.17) is 9.72 Å². The van der Waals surface area contributed by atoms with E-state index >= 15 is 0 Å². The van der Waals surface area contributed by atoms with Gasteiger partial charge in [0.25, 0.3) is 0 Å². The maximum Gasteiger partial charge on any atom is 2.00 e. The van der Waals surface area contributed by atoms with Gasteiger partial charge < -0.3 is 9.30 Å². The molecule has 0 fully saturated rings. The first-order valence-electron chi connectivity index (χ1n) is 13.0. The third-order valence-electron chi connectivity index (χ3n) is 6.70. The Labute approximate surface area is 248 Å². The van der Waals surface area contributed by atoms with E-state index in [1.165, 1.54) is 5.56 Å². The van der Waals surface area contributed by atoms with Crippen molar-refractivity contribution in [2.75, 3.05) is 0 Å². The van der Waals surface area contributed by atoms with E-state index in [1.54, 1.807) is 10.7 Å². The smallest absolute Gasteiger partial charge is 0.508 e. The van der Waals surface area contributed by atoms with Crippen LogP contribution in [0, 0.1) is 43.2 Å². The Bertz CT molecular complexity index is 1880. The molecule has 0 aliphatic carbocycles. The zero-order valence-electron chi connectivity index (χ0n) is 22.7. The fraction of sp³-hybridized carbons (Fsp3) is 0.182. The molecule has 0 saturated heterocycles. The van der Waals surface area contributed by atoms with Gasteiger partial charge >= 0.3 is 21.1 Å². The van der Waals surface area contributed by atoms with Crippen LogP contribution in [-0.4, -0.2) is 19.3 Å². The molecule has 6 aromatic rings. The average Bonchev–Trinajstić information content (AvgIpc) is 3.44. The van der Waals surface area contributed by atoms with Gasteiger partial charge in [-0.25, -0.2) is 10.2 Å². The third kappa shape index (κ3) is 5.06. The normalized spacial score (nSPS) is 11.1. The average molecular weight is 705 g/mol. The quantitative estimate of drug-likeness (QED) is 0.169. The van der Waals surface area contributed by atoms with Gasteiger partial charge in [-0.05, 0) is 66.6 Å². The Morgan fingerprint density at radius 1 is 0.975 bits per heavy atom. The topological polar surface area (TPSA) is 68.7 Å². The van der Waals surface area contributed by atoms with Crippen LogP contribution in [0.5, 0.6) is 11.5 Å². The number of benzene rings is 3. The van der Waals surface area contributed by atoms with Crippen molar-refractivity contribution < 1.29 is 25.8 Å². The molecule has 0 aliphatic heterocycles. The molecule has 0 unspecified atom stereocenters. The minimum absolute atomic E-state index is 0. The molecule has 200 valence electrons. The maximum absolute atomic E-state index is 9.76. The van der Waals surface area contributed by atoms with Crippen LogP contribution in [0.2, 0.25) is 0 Å². The van der Waals surface area contributed by atoms with Gasteiger partial charge in [-0.2, -0.15) is 11.2 Å². The number of hydrogen-bond donors (Lipinski definition) is 0. The standard InChI is InChI=1S/C33H27N5O.Pt/c1-21(2)15-24-9-14-33(35-20-24)37-30-8-6-5-7-28(30)29-13-12-27(18-31(29)37)39-32-17-26(11-10-25(32)19-34)38-23(4)16-22(3)36-38;/h5-14,16,20-21H,15H2,1-4H3;/q-2;+2. The minimum Gasteiger partial charge on any atom is -0.508 e. The van der Waals surface area contributed by atoms with Crippen molar-refractivity contribution in [3.8, 4) is 29.1 Å². The molecule has 40 heavy (non-hydrogen) atoms. The number of aromatic nitrogens is 4. The summed E-state index contributed by atoms with van der Waals surface area (Å²) < 4.78 is 10.2. The van der Waals surface area contributed by atoms with Crippen LogP contribution < -0.4 is 4.74 Å². The molecule has 3 aromatic heterocycles. The van der Waals surface area contributed by atoms with Crippen LogP contribution in [-0.2, 0) is 27.5 Å². The Morgan fingerprint density at radius 2 is 1.80 bits per heavy atom. The van der Waals surface area contributed by atoms with Crippen molar-refractivity contribution in [1.29, 1.82) is 5.26 Å². The summed E-state index contributed by atoms with van der Waals surface area (Å²) in [5.41, 5.74) is 6.08. The molecule has 0 bridgehead atoms. The zero-order valence-corrected chi connectivity index (χ0v) is 24.9. The van der Waals surface area contributed by atoms with Crippen LogP contribution in [0.3, 0.4) is 0 Å². The number of para-hydroxylation sites is 1. The predicted octanol–water partition coefficient (Wildman–Crippen LogP) is 7.44. The largest absolute Gasteiger partial charge is 2.00 e. The van der Waals surface area contributed by atoms with E-state index in [0.717, 1.165) is 45.4 Å². The molecule has 3 aromatic carbocycles. The van der Waals surface area contributed by atoms with Gasteiger partial charge in [0.15, 0.2) is 0 Å². The van der Waals surface area contributed by atoms with E-state index in [0.29, 0.717) is 28.7 Å². The summed E-state index contributed by atoms with van der Waals surface area (Å²) in [5, 5.41) is 16.5. The van der Waals surface area contributed by atoms with Gasteiger partial charge in [-0.1, -0.05) is 43.6 Å². The van der Waals surface area contributed by atoms with E-state index in [-0.39, 0.29) is 21.1 Å². The van der Waals surface area contributed by atoms with Gasteiger partial charge in [-0.15, -0.1) is 35.7 Å². The Hall–Kier alpha value is -4.20. The summed E-state index contributed by atoms with van der Waals surface area (Å²) in [6.45, 7) is 8.34. The molecule has 7 heteroatoms. The minimum atomic E-state index is 0. The Balaban J connectivity index is 0.00000323. The molecule has 0 radical (unpaired) electrons. The number of rotatable bonds is 6. The second kappa shape index (κ2) is 11.1. The van der Waals surface area contributed by atoms with Crippen molar-refractivity contribution in [3.63, 3.8) is 0 Å². The molecule has 0 aliphatic rings. The van der Waals surface area contributed by atoms with Gasteiger partial charge in [0.2, 0.25) is 0 Å². The molecule has 6 nitrogen and oxygen atoms in total. The summed E-state index contributed by atoms with van der Waals surface area (Å²) in [6.07, 6.45) is 2.94. The van der Waals surface area contributed by atoms with Gasteiger partial charge in [0, 0.05) is 35.0 Å². The van der Waals surface area contributed by atoms with Gasteiger partial charge in [0.1, 0.15) is 5.82 Å². The summed E-state index contributed by atoms with van der Waals surface area (Å²) in [5.74, 6) is 2.20. The first-order chi connectivity index (χ1) is 18.9. The summed E-state index contributed by atoms with van der Waals surface area (Å²) >= 11 is 0. The van der Waals surface area contributed by atoms with Crippen LogP contribution >= 0.6 is 0 Å². The zero-order chi connectivity index (χ0) is 27.1. The Morgan fingerprint density at radius 3 is 2.50 bits per heavy atom. The third-order valence-corrected chi connectivity index (χ3v) is 6.70. The molecule has 0 N–H and O–H groups in total. The summed E-state index contributed by atoms with van der Waals surface area (Å²) in [6, 6.07) is 30.8. The van der Waals surface area contributed by atoms with Crippen LogP contribution in [0.15, 0.2) is 72.9 Å². The van der Waals surface area contributed by atoms with Gasteiger partial charge in [-0.3, -0.25) is 4.68 Å². The second-order valence-corrected chi connectivity index (χ2v) is 10.2. The molecule has 0 saturated carbocycles. The number of aryl methyl sites for hydroxylation is 2. The Kier molecular flexibility index (Phi) is 7.61. The van der Waals surface area contributed by atoms with E-state index < -0.39 is 0 Å². The molecule has 6 rings (SSSR count). The van der Waals surface area contributed by atoms with Crippen molar-refractivity contribution in [1.82, 2.24) is 19.3 Å². The number of fused-ring (bicyclic) bond motifs is 3. The van der Waals surface area contributed by atoms with E-state index in [9.17, 15) is 5.26 Å².